The first-order valence-electron chi connectivity index (χ1n) is 7.03. The van der Waals surface area contributed by atoms with Crippen molar-refractivity contribution in [3.8, 4) is 0 Å². The van der Waals surface area contributed by atoms with E-state index >= 15 is 0 Å². The van der Waals surface area contributed by atoms with Crippen LogP contribution in [-0.2, 0) is 13.5 Å². The summed E-state index contributed by atoms with van der Waals surface area (Å²) in [7, 11) is 1.98. The highest BCUT2D eigenvalue weighted by Gasteiger charge is 2.23. The lowest BCUT2D eigenvalue weighted by Gasteiger charge is -2.31. The van der Waals surface area contributed by atoms with E-state index in [0.717, 1.165) is 13.0 Å². The molecular formula is C15H29N3. The van der Waals surface area contributed by atoms with Crippen molar-refractivity contribution in [2.24, 2.45) is 18.4 Å². The minimum Gasteiger partial charge on any atom is -0.314 e. The lowest BCUT2D eigenvalue weighted by Crippen LogP contribution is -2.35. The van der Waals surface area contributed by atoms with Crippen LogP contribution in [0.5, 0.6) is 0 Å². The molecule has 0 fully saturated rings. The highest BCUT2D eigenvalue weighted by molar-refractivity contribution is 5.06. The minimum absolute atomic E-state index is 0.378. The van der Waals surface area contributed by atoms with E-state index in [0.29, 0.717) is 17.4 Å². The van der Waals surface area contributed by atoms with E-state index in [-0.39, 0.29) is 0 Å². The zero-order chi connectivity index (χ0) is 13.8. The Hall–Kier alpha value is -0.830. The fraction of sp³-hybridized carbons (Fsp3) is 0.800. The van der Waals surface area contributed by atoms with Crippen LogP contribution in [0.25, 0.3) is 0 Å². The summed E-state index contributed by atoms with van der Waals surface area (Å²) in [6, 6.07) is 0.549. The van der Waals surface area contributed by atoms with E-state index in [2.05, 4.69) is 51.2 Å². The van der Waals surface area contributed by atoms with Gasteiger partial charge in [0.2, 0.25) is 0 Å². The van der Waals surface area contributed by atoms with Gasteiger partial charge in [-0.1, -0.05) is 34.6 Å². The third-order valence-electron chi connectivity index (χ3n) is 3.85. The van der Waals surface area contributed by atoms with Crippen LogP contribution in [0.2, 0.25) is 0 Å². The molecule has 3 nitrogen and oxygen atoms in total. The van der Waals surface area contributed by atoms with Crippen LogP contribution in [0.4, 0.5) is 0 Å². The third-order valence-corrected chi connectivity index (χ3v) is 3.85. The molecule has 0 aromatic carbocycles. The molecule has 0 saturated carbocycles. The highest BCUT2D eigenvalue weighted by atomic mass is 15.2. The Kier molecular flexibility index (Phi) is 5.39. The quantitative estimate of drug-likeness (QED) is 0.842. The van der Waals surface area contributed by atoms with Gasteiger partial charge in [0.25, 0.3) is 0 Å². The number of hydrogen-bond acceptors (Lipinski definition) is 2. The lowest BCUT2D eigenvalue weighted by atomic mass is 9.78. The largest absolute Gasteiger partial charge is 0.314 e. The summed E-state index contributed by atoms with van der Waals surface area (Å²) < 4.78 is 1.88. The highest BCUT2D eigenvalue weighted by Crippen LogP contribution is 2.29. The molecular weight excluding hydrogens is 222 g/mol. The molecule has 0 bridgehead atoms. The number of hydrogen-bond donors (Lipinski definition) is 1. The second-order valence-corrected chi connectivity index (χ2v) is 6.48. The third kappa shape index (κ3) is 4.81. The molecule has 0 saturated heterocycles. The summed E-state index contributed by atoms with van der Waals surface area (Å²) in [5.41, 5.74) is 1.70. The number of aryl methyl sites for hydroxylation is 1. The molecule has 1 rings (SSSR count). The molecule has 0 aliphatic heterocycles. The summed E-state index contributed by atoms with van der Waals surface area (Å²) in [6.07, 6.45) is 6.38. The summed E-state index contributed by atoms with van der Waals surface area (Å²) in [5.74, 6) is 0.707. The van der Waals surface area contributed by atoms with Crippen molar-refractivity contribution in [3.05, 3.63) is 18.0 Å². The number of nitrogens with one attached hydrogen (secondary N) is 1. The van der Waals surface area contributed by atoms with Gasteiger partial charge in [0, 0.05) is 19.3 Å². The average molecular weight is 251 g/mol. The van der Waals surface area contributed by atoms with Crippen molar-refractivity contribution in [2.45, 2.75) is 53.5 Å². The van der Waals surface area contributed by atoms with E-state index in [1.807, 2.05) is 17.9 Å². The number of aromatic nitrogens is 2. The molecule has 3 heteroatoms. The van der Waals surface area contributed by atoms with Gasteiger partial charge in [0.05, 0.1) is 6.20 Å². The fourth-order valence-corrected chi connectivity index (χ4v) is 2.17. The van der Waals surface area contributed by atoms with E-state index < -0.39 is 0 Å². The lowest BCUT2D eigenvalue weighted by molar-refractivity contribution is 0.222. The molecule has 0 spiro atoms. The Morgan fingerprint density at radius 3 is 2.50 bits per heavy atom. The molecule has 104 valence electrons. The first-order valence-corrected chi connectivity index (χ1v) is 7.03. The number of nitrogens with zero attached hydrogens (tertiary/aromatic N) is 2. The van der Waals surface area contributed by atoms with Gasteiger partial charge in [0.1, 0.15) is 0 Å². The molecule has 18 heavy (non-hydrogen) atoms. The minimum atomic E-state index is 0.378. The maximum absolute atomic E-state index is 4.25. The molecule has 0 aliphatic rings. The average Bonchev–Trinajstić information content (AvgIpc) is 2.62. The summed E-state index contributed by atoms with van der Waals surface area (Å²) in [4.78, 5) is 0. The van der Waals surface area contributed by atoms with Gasteiger partial charge in [-0.25, -0.2) is 0 Å². The SMILES string of the molecule is CCNC(Cc1cnn(C)c1)CC(C)C(C)(C)C. The van der Waals surface area contributed by atoms with Crippen LogP contribution in [0.15, 0.2) is 12.4 Å². The Labute approximate surface area is 112 Å². The van der Waals surface area contributed by atoms with Gasteiger partial charge >= 0.3 is 0 Å². The van der Waals surface area contributed by atoms with Gasteiger partial charge in [-0.15, -0.1) is 0 Å². The van der Waals surface area contributed by atoms with Crippen molar-refractivity contribution >= 4 is 0 Å². The molecule has 2 atom stereocenters. The molecule has 1 heterocycles. The second-order valence-electron chi connectivity index (χ2n) is 6.48. The number of rotatable bonds is 6. The van der Waals surface area contributed by atoms with Gasteiger partial charge < -0.3 is 5.32 Å². The first-order chi connectivity index (χ1) is 8.32. The van der Waals surface area contributed by atoms with Crippen molar-refractivity contribution in [1.82, 2.24) is 15.1 Å². The van der Waals surface area contributed by atoms with Crippen molar-refractivity contribution in [2.75, 3.05) is 6.54 Å². The van der Waals surface area contributed by atoms with Crippen LogP contribution in [-0.4, -0.2) is 22.4 Å². The number of likely N-dealkylation sites (N-methyl/N-ethyl adjacent to an activating group) is 1. The van der Waals surface area contributed by atoms with Gasteiger partial charge in [0.15, 0.2) is 0 Å². The molecule has 1 aromatic heterocycles. The van der Waals surface area contributed by atoms with E-state index in [9.17, 15) is 0 Å². The summed E-state index contributed by atoms with van der Waals surface area (Å²) in [5, 5.41) is 7.85. The Morgan fingerprint density at radius 2 is 2.06 bits per heavy atom. The predicted octanol–water partition coefficient (Wildman–Crippen LogP) is 3.01. The Balaban J connectivity index is 2.60. The first kappa shape index (κ1) is 15.2. The molecule has 1 aromatic rings. The molecule has 1 N–H and O–H groups in total. The fourth-order valence-electron chi connectivity index (χ4n) is 2.17. The molecule has 0 radical (unpaired) electrons. The molecule has 0 aliphatic carbocycles. The Morgan fingerprint density at radius 1 is 1.39 bits per heavy atom. The monoisotopic (exact) mass is 251 g/mol. The molecule has 0 amide bonds. The van der Waals surface area contributed by atoms with Crippen molar-refractivity contribution in [3.63, 3.8) is 0 Å². The van der Waals surface area contributed by atoms with E-state index in [1.54, 1.807) is 0 Å². The van der Waals surface area contributed by atoms with Gasteiger partial charge in [-0.3, -0.25) is 4.68 Å². The van der Waals surface area contributed by atoms with Gasteiger partial charge in [-0.2, -0.15) is 5.10 Å². The van der Waals surface area contributed by atoms with Crippen LogP contribution >= 0.6 is 0 Å². The normalized spacial score (nSPS) is 15.7. The predicted molar refractivity (Wildman–Crippen MR) is 77.6 cm³/mol. The van der Waals surface area contributed by atoms with Crippen LogP contribution in [0.1, 0.15) is 46.6 Å². The zero-order valence-corrected chi connectivity index (χ0v) is 12.8. The zero-order valence-electron chi connectivity index (χ0n) is 12.8. The smallest absolute Gasteiger partial charge is 0.0522 e. The topological polar surface area (TPSA) is 29.9 Å². The van der Waals surface area contributed by atoms with Gasteiger partial charge in [-0.05, 0) is 36.3 Å². The van der Waals surface area contributed by atoms with Crippen LogP contribution in [0, 0.1) is 11.3 Å². The Bertz CT molecular complexity index is 349. The standard InChI is InChI=1S/C15H29N3/c1-7-16-14(8-12(2)15(3,4)5)9-13-10-17-18(6)11-13/h10-12,14,16H,7-9H2,1-6H3. The van der Waals surface area contributed by atoms with E-state index in [1.165, 1.54) is 12.0 Å². The van der Waals surface area contributed by atoms with Crippen molar-refractivity contribution < 1.29 is 0 Å². The maximum Gasteiger partial charge on any atom is 0.0522 e. The summed E-state index contributed by atoms with van der Waals surface area (Å²) in [6.45, 7) is 12.5. The van der Waals surface area contributed by atoms with Crippen LogP contribution < -0.4 is 5.32 Å². The summed E-state index contributed by atoms with van der Waals surface area (Å²) >= 11 is 0. The second kappa shape index (κ2) is 6.37. The van der Waals surface area contributed by atoms with E-state index in [4.69, 9.17) is 0 Å². The van der Waals surface area contributed by atoms with Crippen molar-refractivity contribution in [1.29, 1.82) is 0 Å². The maximum atomic E-state index is 4.25. The van der Waals surface area contributed by atoms with Crippen LogP contribution in [0.3, 0.4) is 0 Å². The molecule has 2 unspecified atom stereocenters.